The fourth-order valence-corrected chi connectivity index (χ4v) is 2.86. The predicted octanol–water partition coefficient (Wildman–Crippen LogP) is 2.17. The first kappa shape index (κ1) is 23.9. The van der Waals surface area contributed by atoms with Crippen molar-refractivity contribution in [1.29, 1.82) is 0 Å². The van der Waals surface area contributed by atoms with E-state index in [0.29, 0.717) is 19.8 Å². The summed E-state index contributed by atoms with van der Waals surface area (Å²) < 4.78 is 10.4. The molecule has 0 spiro atoms. The van der Waals surface area contributed by atoms with Gasteiger partial charge < -0.3 is 19.7 Å². The molecule has 6 nitrogen and oxygen atoms in total. The van der Waals surface area contributed by atoms with Crippen LogP contribution in [-0.2, 0) is 9.47 Å². The molecule has 1 N–H and O–H groups in total. The zero-order valence-electron chi connectivity index (χ0n) is 16.5. The molecule has 0 aromatic heterocycles. The molecule has 1 aliphatic heterocycles. The van der Waals surface area contributed by atoms with Gasteiger partial charge in [-0.15, -0.1) is 24.0 Å². The van der Waals surface area contributed by atoms with Gasteiger partial charge in [-0.1, -0.05) is 42.5 Å². The summed E-state index contributed by atoms with van der Waals surface area (Å²) in [5.41, 5.74) is 1.25. The fourth-order valence-electron chi connectivity index (χ4n) is 2.86. The molecule has 0 aliphatic carbocycles. The second-order valence-electron chi connectivity index (χ2n) is 6.18. The number of rotatable bonds is 9. The van der Waals surface area contributed by atoms with E-state index < -0.39 is 0 Å². The highest BCUT2D eigenvalue weighted by Crippen LogP contribution is 2.05. The van der Waals surface area contributed by atoms with Crippen LogP contribution in [0.2, 0.25) is 0 Å². The van der Waals surface area contributed by atoms with Gasteiger partial charge in [-0.2, -0.15) is 0 Å². The fraction of sp³-hybridized carbons (Fsp3) is 0.550. The molecule has 0 radical (unpaired) electrons. The smallest absolute Gasteiger partial charge is 0.193 e. The largest absolute Gasteiger partial charge is 0.382 e. The van der Waals surface area contributed by atoms with Crippen LogP contribution in [0.3, 0.4) is 0 Å². The van der Waals surface area contributed by atoms with Crippen LogP contribution >= 0.6 is 24.0 Å². The van der Waals surface area contributed by atoms with E-state index in [1.54, 1.807) is 7.11 Å². The van der Waals surface area contributed by atoms with Crippen molar-refractivity contribution in [3.8, 4) is 0 Å². The monoisotopic (exact) mass is 488 g/mol. The topological polar surface area (TPSA) is 49.3 Å². The Morgan fingerprint density at radius 3 is 2.52 bits per heavy atom. The zero-order valence-corrected chi connectivity index (χ0v) is 18.8. The van der Waals surface area contributed by atoms with Crippen molar-refractivity contribution in [1.82, 2.24) is 15.1 Å². The summed E-state index contributed by atoms with van der Waals surface area (Å²) in [4.78, 5) is 9.17. The Morgan fingerprint density at radius 1 is 1.11 bits per heavy atom. The second kappa shape index (κ2) is 14.8. The molecule has 1 saturated heterocycles. The minimum Gasteiger partial charge on any atom is -0.382 e. The number of aliphatic imine (C=N–C) groups is 1. The van der Waals surface area contributed by atoms with Gasteiger partial charge in [0.15, 0.2) is 5.96 Å². The van der Waals surface area contributed by atoms with E-state index in [9.17, 15) is 0 Å². The Balaban J connectivity index is 0.00000364. The lowest BCUT2D eigenvalue weighted by Crippen LogP contribution is -2.52. The van der Waals surface area contributed by atoms with E-state index in [1.807, 2.05) is 13.1 Å². The molecule has 2 rings (SSSR count). The van der Waals surface area contributed by atoms with E-state index in [-0.39, 0.29) is 24.0 Å². The van der Waals surface area contributed by atoms with Crippen molar-refractivity contribution >= 4 is 36.0 Å². The van der Waals surface area contributed by atoms with Crippen LogP contribution in [0, 0.1) is 0 Å². The molecular weight excluding hydrogens is 455 g/mol. The van der Waals surface area contributed by atoms with Crippen molar-refractivity contribution < 1.29 is 9.47 Å². The van der Waals surface area contributed by atoms with Gasteiger partial charge in [0, 0.05) is 53.4 Å². The van der Waals surface area contributed by atoms with Gasteiger partial charge in [0.05, 0.1) is 19.8 Å². The molecule has 1 aromatic rings. The highest BCUT2D eigenvalue weighted by Gasteiger charge is 2.18. The summed E-state index contributed by atoms with van der Waals surface area (Å²) in [7, 11) is 3.52. The van der Waals surface area contributed by atoms with Crippen LogP contribution in [0.5, 0.6) is 0 Å². The van der Waals surface area contributed by atoms with Crippen LogP contribution in [0.15, 0.2) is 41.4 Å². The van der Waals surface area contributed by atoms with Crippen molar-refractivity contribution in [3.63, 3.8) is 0 Å². The minimum atomic E-state index is 0. The molecular formula is C20H33IN4O2. The van der Waals surface area contributed by atoms with E-state index in [4.69, 9.17) is 9.47 Å². The number of nitrogens with zero attached hydrogens (tertiary/aromatic N) is 3. The Morgan fingerprint density at radius 2 is 1.85 bits per heavy atom. The van der Waals surface area contributed by atoms with Crippen LogP contribution in [0.25, 0.3) is 6.08 Å². The maximum absolute atomic E-state index is 5.48. The first-order valence-corrected chi connectivity index (χ1v) is 9.29. The summed E-state index contributed by atoms with van der Waals surface area (Å²) in [6.07, 6.45) is 4.44. The second-order valence-corrected chi connectivity index (χ2v) is 6.18. The lowest BCUT2D eigenvalue weighted by molar-refractivity contribution is 0.0730. The molecule has 0 unspecified atom stereocenters. The molecule has 1 fully saturated rings. The number of guanidine groups is 1. The van der Waals surface area contributed by atoms with E-state index in [2.05, 4.69) is 56.5 Å². The average molecular weight is 488 g/mol. The lowest BCUT2D eigenvalue weighted by Gasteiger charge is -2.36. The Labute approximate surface area is 180 Å². The molecule has 152 valence electrons. The highest BCUT2D eigenvalue weighted by atomic mass is 127. The van der Waals surface area contributed by atoms with Crippen LogP contribution in [-0.4, -0.2) is 89.0 Å². The quantitative estimate of drug-likeness (QED) is 0.250. The zero-order chi connectivity index (χ0) is 18.5. The van der Waals surface area contributed by atoms with Crippen LogP contribution in [0.1, 0.15) is 5.56 Å². The molecule has 0 bridgehead atoms. The van der Waals surface area contributed by atoms with Crippen molar-refractivity contribution in [2.45, 2.75) is 0 Å². The van der Waals surface area contributed by atoms with Gasteiger partial charge in [-0.05, 0) is 5.56 Å². The van der Waals surface area contributed by atoms with Gasteiger partial charge >= 0.3 is 0 Å². The number of halogens is 1. The molecule has 27 heavy (non-hydrogen) atoms. The number of methoxy groups -OCH3 is 1. The van der Waals surface area contributed by atoms with Crippen molar-refractivity contribution in [3.05, 3.63) is 42.0 Å². The SMILES string of the molecule is CN=C(NCCOCCOC)N1CCN(C/C=C/c2ccccc2)CC1.I. The number of hydrogen-bond acceptors (Lipinski definition) is 4. The Kier molecular flexibility index (Phi) is 13.1. The standard InChI is InChI=1S/C20H32N4O2.HI/c1-21-20(22-10-16-26-18-17-25-2)24-14-12-23(13-15-24)11-6-9-19-7-4-3-5-8-19;/h3-9H,10-18H2,1-2H3,(H,21,22);1H/b9-6+;. The van der Waals surface area contributed by atoms with Crippen molar-refractivity contribution in [2.24, 2.45) is 4.99 Å². The van der Waals surface area contributed by atoms with Gasteiger partial charge in [0.2, 0.25) is 0 Å². The Bertz CT molecular complexity index is 546. The number of ether oxygens (including phenoxy) is 2. The van der Waals surface area contributed by atoms with Crippen molar-refractivity contribution in [2.75, 3.05) is 73.2 Å². The summed E-state index contributed by atoms with van der Waals surface area (Å²) in [6.45, 7) is 7.74. The minimum absolute atomic E-state index is 0. The number of benzene rings is 1. The average Bonchev–Trinajstić information content (AvgIpc) is 2.69. The molecule has 0 saturated carbocycles. The Hall–Kier alpha value is -1.16. The maximum Gasteiger partial charge on any atom is 0.193 e. The summed E-state index contributed by atoms with van der Waals surface area (Å²) in [5.74, 6) is 0.958. The van der Waals surface area contributed by atoms with Gasteiger partial charge in [0.25, 0.3) is 0 Å². The molecule has 1 aromatic carbocycles. The van der Waals surface area contributed by atoms with E-state index >= 15 is 0 Å². The lowest BCUT2D eigenvalue weighted by atomic mass is 10.2. The first-order valence-electron chi connectivity index (χ1n) is 9.29. The van der Waals surface area contributed by atoms with Gasteiger partial charge in [-0.25, -0.2) is 0 Å². The summed E-state index contributed by atoms with van der Waals surface area (Å²) >= 11 is 0. The summed E-state index contributed by atoms with van der Waals surface area (Å²) in [5, 5.41) is 3.37. The highest BCUT2D eigenvalue weighted by molar-refractivity contribution is 14.0. The third-order valence-electron chi connectivity index (χ3n) is 4.32. The predicted molar refractivity (Wildman–Crippen MR) is 123 cm³/mol. The summed E-state index contributed by atoms with van der Waals surface area (Å²) in [6, 6.07) is 10.4. The molecule has 7 heteroatoms. The number of piperazine rings is 1. The third-order valence-corrected chi connectivity index (χ3v) is 4.32. The molecule has 1 heterocycles. The molecule has 1 aliphatic rings. The maximum atomic E-state index is 5.48. The van der Waals surface area contributed by atoms with Crippen LogP contribution < -0.4 is 5.32 Å². The molecule has 0 atom stereocenters. The molecule has 0 amide bonds. The van der Waals surface area contributed by atoms with E-state index in [1.165, 1.54) is 5.56 Å². The number of hydrogen-bond donors (Lipinski definition) is 1. The van der Waals surface area contributed by atoms with Gasteiger partial charge in [0.1, 0.15) is 0 Å². The number of nitrogens with one attached hydrogen (secondary N) is 1. The first-order chi connectivity index (χ1) is 12.8. The third kappa shape index (κ3) is 9.55. The van der Waals surface area contributed by atoms with Gasteiger partial charge in [-0.3, -0.25) is 9.89 Å². The normalized spacial score (nSPS) is 15.8. The van der Waals surface area contributed by atoms with Crippen LogP contribution in [0.4, 0.5) is 0 Å². The van der Waals surface area contributed by atoms with E-state index in [0.717, 1.165) is 45.2 Å².